The summed E-state index contributed by atoms with van der Waals surface area (Å²) in [6, 6.07) is 4.55. The topological polar surface area (TPSA) is 110 Å². The quantitative estimate of drug-likeness (QED) is 0.473. The van der Waals surface area contributed by atoms with Crippen LogP contribution in [0.25, 0.3) is 11.0 Å². The van der Waals surface area contributed by atoms with Crippen molar-refractivity contribution >= 4 is 28.8 Å². The fraction of sp³-hybridized carbons (Fsp3) is 0.368. The van der Waals surface area contributed by atoms with Crippen LogP contribution in [0.5, 0.6) is 0 Å². The van der Waals surface area contributed by atoms with Gasteiger partial charge in [0.05, 0.1) is 11.0 Å². The normalized spacial score (nSPS) is 16.7. The summed E-state index contributed by atoms with van der Waals surface area (Å²) in [6.45, 7) is 0. The van der Waals surface area contributed by atoms with Gasteiger partial charge in [-0.15, -0.1) is 0 Å². The number of hydrogen-bond acceptors (Lipinski definition) is 4. The second-order valence-corrected chi connectivity index (χ2v) is 6.43. The number of nitrogens with zero attached hydrogens (tertiary/aromatic N) is 2. The van der Waals surface area contributed by atoms with Gasteiger partial charge in [0.25, 0.3) is 0 Å². The number of nitrogens with one attached hydrogen (secondary N) is 1. The number of rotatable bonds is 4. The molecule has 27 heavy (non-hydrogen) atoms. The third-order valence-corrected chi connectivity index (χ3v) is 4.54. The van der Waals surface area contributed by atoms with E-state index >= 15 is 0 Å². The standard InChI is InChI=1S/C19H19N3O5/c1-21-15-11-12(5-3-2-4-6-17(24)25)7-8-13(15)22(19(21)27)14-9-10-16(23)20-18(14)26/h7-8,11,14H,2,4,6,9-10H2,1H3,(H,24,25)(H,20,23,26). The number of fused-ring (bicyclic) bond motifs is 1. The first kappa shape index (κ1) is 18.5. The predicted molar refractivity (Wildman–Crippen MR) is 97.0 cm³/mol. The Morgan fingerprint density at radius 2 is 2.07 bits per heavy atom. The molecule has 140 valence electrons. The molecule has 1 saturated heterocycles. The van der Waals surface area contributed by atoms with Gasteiger partial charge < -0.3 is 5.11 Å². The van der Waals surface area contributed by atoms with Crippen molar-refractivity contribution in [2.24, 2.45) is 7.05 Å². The molecule has 2 aromatic rings. The molecule has 3 rings (SSSR count). The Morgan fingerprint density at radius 3 is 2.78 bits per heavy atom. The van der Waals surface area contributed by atoms with E-state index in [-0.39, 0.29) is 30.9 Å². The highest BCUT2D eigenvalue weighted by molar-refractivity contribution is 6.00. The number of benzene rings is 1. The van der Waals surface area contributed by atoms with Crippen LogP contribution in [0.1, 0.15) is 43.7 Å². The molecule has 0 spiro atoms. The lowest BCUT2D eigenvalue weighted by atomic mass is 10.1. The molecule has 1 aliphatic heterocycles. The van der Waals surface area contributed by atoms with Crippen molar-refractivity contribution in [2.45, 2.75) is 38.1 Å². The SMILES string of the molecule is Cn1c(=O)n(C2CCC(=O)NC2=O)c2ccc(C#CCCCC(=O)O)cc21. The summed E-state index contributed by atoms with van der Waals surface area (Å²) in [6.07, 6.45) is 1.51. The molecule has 0 radical (unpaired) electrons. The molecule has 1 fully saturated rings. The zero-order valence-electron chi connectivity index (χ0n) is 14.8. The van der Waals surface area contributed by atoms with Gasteiger partial charge in [-0.1, -0.05) is 11.8 Å². The number of carboxylic acid groups (broad SMARTS) is 1. The zero-order chi connectivity index (χ0) is 19.6. The number of aryl methyl sites for hydroxylation is 1. The summed E-state index contributed by atoms with van der Waals surface area (Å²) in [4.78, 5) is 46.7. The first-order valence-corrected chi connectivity index (χ1v) is 8.64. The first-order valence-electron chi connectivity index (χ1n) is 8.64. The fourth-order valence-corrected chi connectivity index (χ4v) is 3.16. The highest BCUT2D eigenvalue weighted by atomic mass is 16.4. The lowest BCUT2D eigenvalue weighted by Crippen LogP contribution is -2.44. The molecule has 1 unspecified atom stereocenters. The van der Waals surface area contributed by atoms with Crippen LogP contribution in [0.4, 0.5) is 0 Å². The Bertz CT molecular complexity index is 1050. The number of imidazole rings is 1. The number of aliphatic carboxylic acids is 1. The van der Waals surface area contributed by atoms with Gasteiger partial charge in [-0.25, -0.2) is 4.79 Å². The smallest absolute Gasteiger partial charge is 0.329 e. The number of amides is 2. The van der Waals surface area contributed by atoms with E-state index < -0.39 is 17.9 Å². The third-order valence-electron chi connectivity index (χ3n) is 4.54. The van der Waals surface area contributed by atoms with Gasteiger partial charge in [0.2, 0.25) is 11.8 Å². The summed E-state index contributed by atoms with van der Waals surface area (Å²) in [5.41, 5.74) is 1.62. The fourth-order valence-electron chi connectivity index (χ4n) is 3.16. The summed E-state index contributed by atoms with van der Waals surface area (Å²) in [5.74, 6) is 4.26. The molecule has 1 atom stereocenters. The van der Waals surface area contributed by atoms with Gasteiger partial charge in [0, 0.05) is 31.9 Å². The minimum absolute atomic E-state index is 0.0804. The second kappa shape index (κ2) is 7.50. The summed E-state index contributed by atoms with van der Waals surface area (Å²) in [5, 5.41) is 10.9. The Morgan fingerprint density at radius 1 is 1.30 bits per heavy atom. The molecule has 1 aromatic carbocycles. The van der Waals surface area contributed by atoms with E-state index in [1.807, 2.05) is 0 Å². The number of carbonyl (C=O) groups is 3. The molecule has 2 heterocycles. The number of imide groups is 1. The van der Waals surface area contributed by atoms with Crippen LogP contribution in [0.15, 0.2) is 23.0 Å². The molecule has 2 N–H and O–H groups in total. The van der Waals surface area contributed by atoms with E-state index in [0.717, 1.165) is 0 Å². The van der Waals surface area contributed by atoms with Gasteiger partial charge in [-0.3, -0.25) is 28.8 Å². The van der Waals surface area contributed by atoms with Crippen LogP contribution in [0.2, 0.25) is 0 Å². The average molecular weight is 369 g/mol. The average Bonchev–Trinajstić information content (AvgIpc) is 2.86. The zero-order valence-corrected chi connectivity index (χ0v) is 14.8. The Labute approximate surface area is 154 Å². The molecule has 1 aliphatic rings. The van der Waals surface area contributed by atoms with Crippen LogP contribution in [-0.4, -0.2) is 32.0 Å². The van der Waals surface area contributed by atoms with Crippen LogP contribution in [0.3, 0.4) is 0 Å². The number of unbranched alkanes of at least 4 members (excludes halogenated alkanes) is 1. The maximum atomic E-state index is 12.7. The van der Waals surface area contributed by atoms with Crippen molar-refractivity contribution in [2.75, 3.05) is 0 Å². The van der Waals surface area contributed by atoms with E-state index in [0.29, 0.717) is 29.4 Å². The molecule has 1 aromatic heterocycles. The molecule has 8 heteroatoms. The Kier molecular flexibility index (Phi) is 5.12. The number of piperidine rings is 1. The summed E-state index contributed by atoms with van der Waals surface area (Å²) < 4.78 is 2.87. The third kappa shape index (κ3) is 3.77. The van der Waals surface area contributed by atoms with Crippen LogP contribution >= 0.6 is 0 Å². The van der Waals surface area contributed by atoms with Gasteiger partial charge in [0.15, 0.2) is 0 Å². The maximum Gasteiger partial charge on any atom is 0.329 e. The minimum atomic E-state index is -0.844. The molecule has 2 amide bonds. The monoisotopic (exact) mass is 369 g/mol. The molecule has 0 aliphatic carbocycles. The van der Waals surface area contributed by atoms with E-state index in [1.54, 1.807) is 25.2 Å². The van der Waals surface area contributed by atoms with E-state index in [4.69, 9.17) is 5.11 Å². The second-order valence-electron chi connectivity index (χ2n) is 6.43. The van der Waals surface area contributed by atoms with Crippen molar-refractivity contribution in [3.8, 4) is 11.8 Å². The van der Waals surface area contributed by atoms with E-state index in [1.165, 1.54) is 9.13 Å². The number of hydrogen-bond donors (Lipinski definition) is 2. The van der Waals surface area contributed by atoms with Gasteiger partial charge >= 0.3 is 11.7 Å². The number of aromatic nitrogens is 2. The minimum Gasteiger partial charge on any atom is -0.481 e. The van der Waals surface area contributed by atoms with Crippen LogP contribution < -0.4 is 11.0 Å². The van der Waals surface area contributed by atoms with E-state index in [9.17, 15) is 19.2 Å². The lowest BCUT2D eigenvalue weighted by Gasteiger charge is -2.21. The van der Waals surface area contributed by atoms with E-state index in [2.05, 4.69) is 17.2 Å². The molecular formula is C19H19N3O5. The Balaban J connectivity index is 1.91. The van der Waals surface area contributed by atoms with Crippen molar-refractivity contribution < 1.29 is 19.5 Å². The predicted octanol–water partition coefficient (Wildman–Crippen LogP) is 0.924. The number of carbonyl (C=O) groups excluding carboxylic acids is 2. The molecular weight excluding hydrogens is 350 g/mol. The summed E-state index contributed by atoms with van der Waals surface area (Å²) in [7, 11) is 1.62. The maximum absolute atomic E-state index is 12.7. The van der Waals surface area contributed by atoms with Crippen molar-refractivity contribution in [3.63, 3.8) is 0 Å². The van der Waals surface area contributed by atoms with Crippen LogP contribution in [-0.2, 0) is 21.4 Å². The van der Waals surface area contributed by atoms with Crippen molar-refractivity contribution in [1.29, 1.82) is 0 Å². The molecule has 0 bridgehead atoms. The lowest BCUT2D eigenvalue weighted by molar-refractivity contribution is -0.137. The molecule has 0 saturated carbocycles. The highest BCUT2D eigenvalue weighted by Crippen LogP contribution is 2.23. The van der Waals surface area contributed by atoms with Gasteiger partial charge in [0.1, 0.15) is 6.04 Å². The van der Waals surface area contributed by atoms with Crippen molar-refractivity contribution in [3.05, 3.63) is 34.2 Å². The van der Waals surface area contributed by atoms with Crippen molar-refractivity contribution in [1.82, 2.24) is 14.5 Å². The largest absolute Gasteiger partial charge is 0.481 e. The first-order chi connectivity index (χ1) is 12.9. The van der Waals surface area contributed by atoms with Gasteiger partial charge in [-0.2, -0.15) is 0 Å². The number of carboxylic acids is 1. The summed E-state index contributed by atoms with van der Waals surface area (Å²) >= 11 is 0. The highest BCUT2D eigenvalue weighted by Gasteiger charge is 2.31. The molecule has 8 nitrogen and oxygen atoms in total. The Hall–Kier alpha value is -3.34. The van der Waals surface area contributed by atoms with Gasteiger partial charge in [-0.05, 0) is 31.0 Å². The van der Waals surface area contributed by atoms with Crippen LogP contribution in [0, 0.1) is 11.8 Å².